The number of nitrogens with one attached hydrogen (secondary N) is 2. The van der Waals surface area contributed by atoms with Crippen molar-refractivity contribution in [3.8, 4) is 0 Å². The maximum absolute atomic E-state index is 12.8. The predicted molar refractivity (Wildman–Crippen MR) is 102 cm³/mol. The number of rotatable bonds is 4. The van der Waals surface area contributed by atoms with Gasteiger partial charge in [-0.25, -0.2) is 4.79 Å². The van der Waals surface area contributed by atoms with Crippen LogP contribution in [-0.4, -0.2) is 29.3 Å². The van der Waals surface area contributed by atoms with Crippen molar-refractivity contribution in [1.82, 2.24) is 10.2 Å². The van der Waals surface area contributed by atoms with Crippen molar-refractivity contribution >= 4 is 51.1 Å². The summed E-state index contributed by atoms with van der Waals surface area (Å²) in [5.74, 6) is -1.00. The van der Waals surface area contributed by atoms with Gasteiger partial charge < -0.3 is 10.6 Å². The molecule has 0 radical (unpaired) electrons. The molecule has 0 aromatic heterocycles. The normalized spacial score (nSPS) is 19.4. The van der Waals surface area contributed by atoms with Crippen molar-refractivity contribution in [3.63, 3.8) is 0 Å². The summed E-state index contributed by atoms with van der Waals surface area (Å²) < 4.78 is 0.802. The van der Waals surface area contributed by atoms with Crippen LogP contribution in [0.1, 0.15) is 12.5 Å². The summed E-state index contributed by atoms with van der Waals surface area (Å²) in [4.78, 5) is 38.3. The summed E-state index contributed by atoms with van der Waals surface area (Å²) in [7, 11) is 0. The van der Waals surface area contributed by atoms with Gasteiger partial charge in [-0.3, -0.25) is 14.5 Å². The Balaban J connectivity index is 1.77. The maximum atomic E-state index is 12.8. The Kier molecular flexibility index (Phi) is 5.02. The summed E-state index contributed by atoms with van der Waals surface area (Å²) >= 11 is 9.49. The molecule has 1 unspecified atom stereocenters. The quantitative estimate of drug-likeness (QED) is 0.720. The molecule has 3 rings (SSSR count). The molecule has 0 aliphatic carbocycles. The van der Waals surface area contributed by atoms with Gasteiger partial charge >= 0.3 is 6.03 Å². The minimum atomic E-state index is -1.31. The van der Waals surface area contributed by atoms with Gasteiger partial charge in [0.05, 0.1) is 0 Å². The van der Waals surface area contributed by atoms with E-state index in [0.717, 1.165) is 9.37 Å². The molecule has 134 valence electrons. The van der Waals surface area contributed by atoms with E-state index in [2.05, 4.69) is 26.6 Å². The molecule has 2 aromatic rings. The van der Waals surface area contributed by atoms with Crippen molar-refractivity contribution in [3.05, 3.63) is 63.6 Å². The highest BCUT2D eigenvalue weighted by Crippen LogP contribution is 2.33. The van der Waals surface area contributed by atoms with Crippen molar-refractivity contribution in [2.24, 2.45) is 0 Å². The van der Waals surface area contributed by atoms with Gasteiger partial charge in [-0.2, -0.15) is 0 Å². The molecule has 26 heavy (non-hydrogen) atoms. The van der Waals surface area contributed by atoms with Gasteiger partial charge in [-0.15, -0.1) is 0 Å². The zero-order valence-electron chi connectivity index (χ0n) is 13.8. The van der Waals surface area contributed by atoms with E-state index >= 15 is 0 Å². The first-order chi connectivity index (χ1) is 12.3. The zero-order valence-corrected chi connectivity index (χ0v) is 16.1. The van der Waals surface area contributed by atoms with Crippen LogP contribution in [0, 0.1) is 0 Å². The van der Waals surface area contributed by atoms with Crippen molar-refractivity contribution in [1.29, 1.82) is 0 Å². The standard InChI is InChI=1S/C18H15BrClN3O3/c1-18(13-7-2-3-8-14(13)20)16(25)23(17(26)22-18)10-15(24)21-12-6-4-5-11(19)9-12/h2-9H,10H2,1H3,(H,21,24)(H,22,26). The van der Waals surface area contributed by atoms with E-state index in [1.54, 1.807) is 49.4 Å². The lowest BCUT2D eigenvalue weighted by atomic mass is 9.92. The van der Waals surface area contributed by atoms with Gasteiger partial charge in [0.1, 0.15) is 12.1 Å². The van der Waals surface area contributed by atoms with Gasteiger partial charge in [-0.1, -0.05) is 51.8 Å². The Bertz CT molecular complexity index is 905. The molecular weight excluding hydrogens is 422 g/mol. The number of anilines is 1. The van der Waals surface area contributed by atoms with Crippen LogP contribution in [-0.2, 0) is 15.1 Å². The van der Waals surface area contributed by atoms with E-state index in [1.165, 1.54) is 0 Å². The second kappa shape index (κ2) is 7.09. The lowest BCUT2D eigenvalue weighted by Crippen LogP contribution is -2.42. The number of imide groups is 1. The molecule has 0 spiro atoms. The minimum absolute atomic E-state index is 0.365. The first kappa shape index (κ1) is 18.4. The molecule has 1 saturated heterocycles. The molecule has 2 aromatic carbocycles. The number of urea groups is 1. The number of halogens is 2. The molecule has 0 bridgehead atoms. The Morgan fingerprint density at radius 2 is 1.96 bits per heavy atom. The second-order valence-corrected chi connectivity index (χ2v) is 7.31. The number of carbonyl (C=O) groups excluding carboxylic acids is 3. The molecule has 2 N–H and O–H groups in total. The van der Waals surface area contributed by atoms with E-state index in [9.17, 15) is 14.4 Å². The van der Waals surface area contributed by atoms with Crippen LogP contribution in [0.25, 0.3) is 0 Å². The monoisotopic (exact) mass is 435 g/mol. The number of nitrogens with zero attached hydrogens (tertiary/aromatic N) is 1. The highest BCUT2D eigenvalue weighted by atomic mass is 79.9. The van der Waals surface area contributed by atoms with Gasteiger partial charge in [-0.05, 0) is 31.2 Å². The molecule has 1 aliphatic heterocycles. The summed E-state index contributed by atoms with van der Waals surface area (Å²) in [5.41, 5.74) is -0.272. The van der Waals surface area contributed by atoms with Crippen LogP contribution in [0.3, 0.4) is 0 Å². The third kappa shape index (κ3) is 3.45. The average Bonchev–Trinajstić information content (AvgIpc) is 2.79. The summed E-state index contributed by atoms with van der Waals surface area (Å²) in [6.45, 7) is 1.18. The van der Waals surface area contributed by atoms with E-state index in [4.69, 9.17) is 11.6 Å². The van der Waals surface area contributed by atoms with Crippen LogP contribution in [0.5, 0.6) is 0 Å². The third-order valence-corrected chi connectivity index (χ3v) is 4.92. The maximum Gasteiger partial charge on any atom is 0.325 e. The van der Waals surface area contributed by atoms with E-state index in [0.29, 0.717) is 16.3 Å². The minimum Gasteiger partial charge on any atom is -0.324 e. The largest absolute Gasteiger partial charge is 0.325 e. The SMILES string of the molecule is CC1(c2ccccc2Cl)NC(=O)N(CC(=O)Nc2cccc(Br)c2)C1=O. The highest BCUT2D eigenvalue weighted by Gasteiger charge is 2.50. The first-order valence-corrected chi connectivity index (χ1v) is 8.93. The molecule has 0 saturated carbocycles. The molecule has 1 aliphatic rings. The lowest BCUT2D eigenvalue weighted by Gasteiger charge is -2.23. The molecule has 6 nitrogen and oxygen atoms in total. The molecule has 1 heterocycles. The van der Waals surface area contributed by atoms with Crippen LogP contribution in [0.2, 0.25) is 5.02 Å². The Labute approximate surface area is 163 Å². The van der Waals surface area contributed by atoms with Crippen LogP contribution < -0.4 is 10.6 Å². The summed E-state index contributed by atoms with van der Waals surface area (Å²) in [6.07, 6.45) is 0. The van der Waals surface area contributed by atoms with Gasteiger partial charge in [0.2, 0.25) is 5.91 Å². The molecule has 8 heteroatoms. The van der Waals surface area contributed by atoms with Crippen LogP contribution in [0.4, 0.5) is 10.5 Å². The second-order valence-electron chi connectivity index (χ2n) is 5.98. The molecule has 1 atom stereocenters. The lowest BCUT2D eigenvalue weighted by molar-refractivity contribution is -0.133. The van der Waals surface area contributed by atoms with Crippen LogP contribution >= 0.6 is 27.5 Å². The Morgan fingerprint density at radius 3 is 2.65 bits per heavy atom. The predicted octanol–water partition coefficient (Wildman–Crippen LogP) is 3.51. The number of carbonyl (C=O) groups is 3. The molecular formula is C18H15BrClN3O3. The number of benzene rings is 2. The first-order valence-electron chi connectivity index (χ1n) is 7.76. The number of amides is 4. The number of hydrogen-bond acceptors (Lipinski definition) is 3. The van der Waals surface area contributed by atoms with Gasteiger partial charge in [0.15, 0.2) is 0 Å². The fourth-order valence-corrected chi connectivity index (χ4v) is 3.52. The van der Waals surface area contributed by atoms with E-state index in [-0.39, 0.29) is 0 Å². The Hall–Kier alpha value is -2.38. The summed E-state index contributed by atoms with van der Waals surface area (Å²) in [5, 5.41) is 5.66. The van der Waals surface area contributed by atoms with Crippen molar-refractivity contribution < 1.29 is 14.4 Å². The highest BCUT2D eigenvalue weighted by molar-refractivity contribution is 9.10. The Morgan fingerprint density at radius 1 is 1.23 bits per heavy atom. The van der Waals surface area contributed by atoms with Crippen LogP contribution in [0.15, 0.2) is 53.0 Å². The molecule has 1 fully saturated rings. The van der Waals surface area contributed by atoms with Gasteiger partial charge in [0, 0.05) is 20.7 Å². The van der Waals surface area contributed by atoms with E-state index in [1.807, 2.05) is 6.07 Å². The zero-order chi connectivity index (χ0) is 18.9. The summed E-state index contributed by atoms with van der Waals surface area (Å²) in [6, 6.07) is 13.2. The third-order valence-electron chi connectivity index (χ3n) is 4.10. The molecule has 4 amide bonds. The smallest absolute Gasteiger partial charge is 0.324 e. The fraction of sp³-hybridized carbons (Fsp3) is 0.167. The van der Waals surface area contributed by atoms with Crippen molar-refractivity contribution in [2.75, 3.05) is 11.9 Å². The van der Waals surface area contributed by atoms with E-state index < -0.39 is 29.9 Å². The average molecular weight is 437 g/mol. The fourth-order valence-electron chi connectivity index (χ4n) is 2.80. The number of hydrogen-bond donors (Lipinski definition) is 2. The van der Waals surface area contributed by atoms with Gasteiger partial charge in [0.25, 0.3) is 5.91 Å². The topological polar surface area (TPSA) is 78.5 Å². The van der Waals surface area contributed by atoms with Crippen molar-refractivity contribution in [2.45, 2.75) is 12.5 Å².